The number of carbonyl (C=O) groups is 1. The van der Waals surface area contributed by atoms with Crippen molar-refractivity contribution in [1.82, 2.24) is 5.32 Å². The molecule has 0 saturated carbocycles. The second kappa shape index (κ2) is 2.24. The molecule has 1 aliphatic rings. The third-order valence-electron chi connectivity index (χ3n) is 1.85. The average molecular weight is 153 g/mol. The highest BCUT2D eigenvalue weighted by Gasteiger charge is 2.47. The summed E-state index contributed by atoms with van der Waals surface area (Å²) < 4.78 is 0. The first-order valence-corrected chi connectivity index (χ1v) is 3.45. The van der Waals surface area contributed by atoms with Crippen molar-refractivity contribution < 1.29 is 9.90 Å². The lowest BCUT2D eigenvalue weighted by Gasteiger charge is -2.40. The van der Waals surface area contributed by atoms with Crippen LogP contribution in [0.15, 0.2) is 0 Å². The Bertz CT molecular complexity index is 221. The Labute approximate surface area is 65.8 Å². The van der Waals surface area contributed by atoms with Crippen LogP contribution in [0.2, 0.25) is 0 Å². The van der Waals surface area contributed by atoms with Crippen LogP contribution < -0.4 is 5.32 Å². The van der Waals surface area contributed by atoms with E-state index in [2.05, 4.69) is 11.2 Å². The minimum Gasteiger partial charge on any atom is -0.390 e. The largest absolute Gasteiger partial charge is 0.390 e. The summed E-state index contributed by atoms with van der Waals surface area (Å²) in [6.45, 7) is 3.17. The van der Waals surface area contributed by atoms with Gasteiger partial charge in [0.25, 0.3) is 0 Å². The van der Waals surface area contributed by atoms with Crippen molar-refractivity contribution in [2.75, 3.05) is 0 Å². The van der Waals surface area contributed by atoms with Crippen molar-refractivity contribution in [2.24, 2.45) is 5.92 Å². The van der Waals surface area contributed by atoms with E-state index in [4.69, 9.17) is 6.42 Å². The standard InChI is InChI=1S/C8H11NO2/c1-4-5-6(7(10)9-5)8(2,3)11/h1,5-6,11H,2-3H3,(H,9,10)/t5-,6-/m1/s1. The van der Waals surface area contributed by atoms with Crippen LogP contribution in [0.1, 0.15) is 13.8 Å². The van der Waals surface area contributed by atoms with Gasteiger partial charge in [0.2, 0.25) is 5.91 Å². The molecule has 2 atom stereocenters. The fraction of sp³-hybridized carbons (Fsp3) is 0.625. The van der Waals surface area contributed by atoms with Gasteiger partial charge < -0.3 is 10.4 Å². The van der Waals surface area contributed by atoms with Crippen molar-refractivity contribution in [3.05, 3.63) is 0 Å². The quantitative estimate of drug-likeness (QED) is 0.394. The maximum Gasteiger partial charge on any atom is 0.230 e. The van der Waals surface area contributed by atoms with E-state index in [1.54, 1.807) is 13.8 Å². The topological polar surface area (TPSA) is 49.3 Å². The Hall–Kier alpha value is -1.01. The fourth-order valence-electron chi connectivity index (χ4n) is 1.25. The van der Waals surface area contributed by atoms with Gasteiger partial charge in [-0.15, -0.1) is 6.42 Å². The van der Waals surface area contributed by atoms with E-state index in [1.165, 1.54) is 0 Å². The van der Waals surface area contributed by atoms with E-state index >= 15 is 0 Å². The fourth-order valence-corrected chi connectivity index (χ4v) is 1.25. The number of hydrogen-bond acceptors (Lipinski definition) is 2. The normalized spacial score (nSPS) is 30.2. The van der Waals surface area contributed by atoms with Crippen LogP contribution in [0.25, 0.3) is 0 Å². The first kappa shape index (κ1) is 8.09. The first-order valence-electron chi connectivity index (χ1n) is 3.45. The molecule has 0 radical (unpaired) electrons. The van der Waals surface area contributed by atoms with Crippen molar-refractivity contribution >= 4 is 5.91 Å². The monoisotopic (exact) mass is 153 g/mol. The van der Waals surface area contributed by atoms with E-state index in [9.17, 15) is 9.90 Å². The van der Waals surface area contributed by atoms with Gasteiger partial charge in [-0.2, -0.15) is 0 Å². The highest BCUT2D eigenvalue weighted by molar-refractivity contribution is 5.88. The lowest BCUT2D eigenvalue weighted by Crippen LogP contribution is -2.64. The second-order valence-corrected chi connectivity index (χ2v) is 3.28. The Balaban J connectivity index is 2.73. The predicted octanol–water partition coefficient (Wildman–Crippen LogP) is -0.495. The summed E-state index contributed by atoms with van der Waals surface area (Å²) >= 11 is 0. The number of β-lactam (4-membered cyclic amide) rings is 1. The van der Waals surface area contributed by atoms with Crippen LogP contribution in [0.5, 0.6) is 0 Å². The van der Waals surface area contributed by atoms with Gasteiger partial charge >= 0.3 is 0 Å². The van der Waals surface area contributed by atoms with Crippen LogP contribution in [0.3, 0.4) is 0 Å². The zero-order valence-corrected chi connectivity index (χ0v) is 6.59. The van der Waals surface area contributed by atoms with Crippen molar-refractivity contribution in [3.63, 3.8) is 0 Å². The van der Waals surface area contributed by atoms with E-state index < -0.39 is 11.5 Å². The van der Waals surface area contributed by atoms with Crippen molar-refractivity contribution in [2.45, 2.75) is 25.5 Å². The highest BCUT2D eigenvalue weighted by Crippen LogP contribution is 2.26. The van der Waals surface area contributed by atoms with Crippen molar-refractivity contribution in [1.29, 1.82) is 0 Å². The Morgan fingerprint density at radius 2 is 2.27 bits per heavy atom. The van der Waals surface area contributed by atoms with Crippen LogP contribution in [-0.4, -0.2) is 22.7 Å². The highest BCUT2D eigenvalue weighted by atomic mass is 16.3. The molecule has 3 heteroatoms. The van der Waals surface area contributed by atoms with E-state index in [0.29, 0.717) is 0 Å². The minimum absolute atomic E-state index is 0.166. The zero-order chi connectivity index (χ0) is 8.65. The van der Waals surface area contributed by atoms with Gasteiger partial charge in [-0.3, -0.25) is 4.79 Å². The molecule has 2 N–H and O–H groups in total. The molecule has 1 aliphatic heterocycles. The van der Waals surface area contributed by atoms with Gasteiger partial charge in [-0.25, -0.2) is 0 Å². The van der Waals surface area contributed by atoms with Gasteiger partial charge in [0.1, 0.15) is 6.04 Å². The Kier molecular flexibility index (Phi) is 1.65. The SMILES string of the molecule is C#C[C@H]1NC(=O)[C@@H]1C(C)(C)O. The molecule has 0 aromatic rings. The van der Waals surface area contributed by atoms with Crippen LogP contribution in [-0.2, 0) is 4.79 Å². The zero-order valence-electron chi connectivity index (χ0n) is 6.59. The molecule has 0 unspecified atom stereocenters. The summed E-state index contributed by atoms with van der Waals surface area (Å²) in [4.78, 5) is 10.9. The van der Waals surface area contributed by atoms with Crippen LogP contribution in [0, 0.1) is 18.3 Å². The lowest BCUT2D eigenvalue weighted by molar-refractivity contribution is -0.144. The lowest BCUT2D eigenvalue weighted by atomic mass is 9.78. The van der Waals surface area contributed by atoms with Gasteiger partial charge in [0.15, 0.2) is 0 Å². The number of aliphatic hydroxyl groups is 1. The number of nitrogens with one attached hydrogen (secondary N) is 1. The first-order chi connectivity index (χ1) is 4.96. The summed E-state index contributed by atoms with van der Waals surface area (Å²) in [5.41, 5.74) is -1.01. The van der Waals surface area contributed by atoms with E-state index in [1.807, 2.05) is 0 Å². The molecule has 11 heavy (non-hydrogen) atoms. The molecule has 60 valence electrons. The average Bonchev–Trinajstić information content (AvgIpc) is 1.77. The molecule has 3 nitrogen and oxygen atoms in total. The molecule has 0 bridgehead atoms. The summed E-state index contributed by atoms with van der Waals surface area (Å²) in [6, 6.07) is -0.303. The number of amides is 1. The minimum atomic E-state index is -1.01. The third-order valence-corrected chi connectivity index (χ3v) is 1.85. The van der Waals surface area contributed by atoms with Crippen LogP contribution in [0.4, 0.5) is 0 Å². The number of hydrogen-bond donors (Lipinski definition) is 2. The molecule has 1 fully saturated rings. The number of rotatable bonds is 1. The van der Waals surface area contributed by atoms with Gasteiger partial charge in [0, 0.05) is 0 Å². The molecule has 0 aromatic heterocycles. The molecule has 0 spiro atoms. The van der Waals surface area contributed by atoms with Gasteiger partial charge in [-0.1, -0.05) is 5.92 Å². The third kappa shape index (κ3) is 1.22. The molecule has 1 saturated heterocycles. The molecular weight excluding hydrogens is 142 g/mol. The predicted molar refractivity (Wildman–Crippen MR) is 40.6 cm³/mol. The van der Waals surface area contributed by atoms with Gasteiger partial charge in [0.05, 0.1) is 11.5 Å². The summed E-state index contributed by atoms with van der Waals surface area (Å²) in [5.74, 6) is 1.78. The van der Waals surface area contributed by atoms with Crippen molar-refractivity contribution in [3.8, 4) is 12.3 Å². The molecule has 0 aliphatic carbocycles. The molecular formula is C8H11NO2. The molecule has 1 rings (SSSR count). The summed E-state index contributed by atoms with van der Waals surface area (Å²) in [5, 5.41) is 12.0. The molecule has 0 aromatic carbocycles. The van der Waals surface area contributed by atoms with E-state index in [-0.39, 0.29) is 11.9 Å². The molecule has 1 amide bonds. The Morgan fingerprint density at radius 3 is 2.45 bits per heavy atom. The Morgan fingerprint density at radius 1 is 1.73 bits per heavy atom. The smallest absolute Gasteiger partial charge is 0.230 e. The second-order valence-electron chi connectivity index (χ2n) is 3.28. The van der Waals surface area contributed by atoms with E-state index in [0.717, 1.165) is 0 Å². The number of carbonyl (C=O) groups excluding carboxylic acids is 1. The maximum absolute atomic E-state index is 10.9. The van der Waals surface area contributed by atoms with Gasteiger partial charge in [-0.05, 0) is 13.8 Å². The summed E-state index contributed by atoms with van der Waals surface area (Å²) in [7, 11) is 0. The summed E-state index contributed by atoms with van der Waals surface area (Å²) in [6.07, 6.45) is 5.11. The maximum atomic E-state index is 10.9. The number of terminal acetylenes is 1. The molecule has 1 heterocycles. The van der Waals surface area contributed by atoms with Crippen LogP contribution >= 0.6 is 0 Å².